The van der Waals surface area contributed by atoms with Gasteiger partial charge in [0.05, 0.1) is 0 Å². The Morgan fingerprint density at radius 2 is 1.84 bits per heavy atom. The molecule has 1 N–H and O–H groups in total. The molecule has 106 valence electrons. The average molecular weight is 280 g/mol. The maximum atomic E-state index is 6.15. The van der Waals surface area contributed by atoms with E-state index >= 15 is 0 Å². The first-order chi connectivity index (χ1) is 9.09. The molecule has 1 saturated carbocycles. The Hall–Kier alpha value is -0.740. The first kappa shape index (κ1) is 14.7. The van der Waals surface area contributed by atoms with Gasteiger partial charge in [-0.2, -0.15) is 0 Å². The minimum atomic E-state index is -0.253. The Morgan fingerprint density at radius 1 is 1.21 bits per heavy atom. The van der Waals surface area contributed by atoms with E-state index in [1.165, 1.54) is 25.7 Å². The number of aromatic amines is 1. The van der Waals surface area contributed by atoms with Gasteiger partial charge in [0.25, 0.3) is 0 Å². The number of ether oxygens (including phenoxy) is 1. The van der Waals surface area contributed by atoms with E-state index < -0.39 is 0 Å². The number of rotatable bonds is 3. The standard InChI is InChI=1S/C15H24N2OS/c1-4-18-15(9-7-5-6-8-10-15)14-16-12(3)11(2)13(19)17-14/h4-10H2,1-3H3,(H,16,17,19). The zero-order chi connectivity index (χ0) is 13.9. The number of hydrogen-bond acceptors (Lipinski definition) is 3. The summed E-state index contributed by atoms with van der Waals surface area (Å²) in [7, 11) is 0. The first-order valence-electron chi connectivity index (χ1n) is 7.31. The molecule has 1 aliphatic carbocycles. The molecule has 3 nitrogen and oxygen atoms in total. The van der Waals surface area contributed by atoms with E-state index in [1.807, 2.05) is 6.92 Å². The topological polar surface area (TPSA) is 37.9 Å². The van der Waals surface area contributed by atoms with Crippen LogP contribution in [-0.2, 0) is 10.3 Å². The molecular weight excluding hydrogens is 256 g/mol. The van der Waals surface area contributed by atoms with Crippen LogP contribution in [0.25, 0.3) is 0 Å². The lowest BCUT2D eigenvalue weighted by Gasteiger charge is -2.32. The van der Waals surface area contributed by atoms with E-state index in [0.29, 0.717) is 4.64 Å². The molecule has 0 unspecified atom stereocenters. The maximum absolute atomic E-state index is 6.15. The monoisotopic (exact) mass is 280 g/mol. The molecule has 0 aliphatic heterocycles. The van der Waals surface area contributed by atoms with Crippen molar-refractivity contribution in [1.82, 2.24) is 9.97 Å². The molecule has 4 heteroatoms. The normalized spacial score (nSPS) is 19.1. The fourth-order valence-corrected chi connectivity index (χ4v) is 3.13. The van der Waals surface area contributed by atoms with Crippen molar-refractivity contribution in [1.29, 1.82) is 0 Å². The van der Waals surface area contributed by atoms with Gasteiger partial charge in [-0.05, 0) is 33.6 Å². The second-order valence-corrected chi connectivity index (χ2v) is 5.87. The van der Waals surface area contributed by atoms with Crippen LogP contribution in [0.4, 0.5) is 0 Å². The van der Waals surface area contributed by atoms with Crippen LogP contribution in [0.1, 0.15) is 62.5 Å². The van der Waals surface area contributed by atoms with Crippen molar-refractivity contribution in [3.8, 4) is 0 Å². The number of nitrogens with one attached hydrogen (secondary N) is 1. The molecule has 1 aliphatic rings. The molecule has 0 atom stereocenters. The van der Waals surface area contributed by atoms with E-state index in [9.17, 15) is 0 Å². The van der Waals surface area contributed by atoms with Crippen molar-refractivity contribution in [3.63, 3.8) is 0 Å². The summed E-state index contributed by atoms with van der Waals surface area (Å²) in [4.78, 5) is 8.06. The lowest BCUT2D eigenvalue weighted by molar-refractivity contribution is -0.0626. The van der Waals surface area contributed by atoms with E-state index in [1.54, 1.807) is 0 Å². The highest BCUT2D eigenvalue weighted by atomic mass is 32.1. The number of H-pyrrole nitrogens is 1. The Kier molecular flexibility index (Phi) is 4.74. The van der Waals surface area contributed by atoms with E-state index in [4.69, 9.17) is 17.0 Å². The van der Waals surface area contributed by atoms with Crippen LogP contribution < -0.4 is 0 Å². The quantitative estimate of drug-likeness (QED) is 0.661. The highest BCUT2D eigenvalue weighted by Crippen LogP contribution is 2.37. The summed E-state index contributed by atoms with van der Waals surface area (Å²) in [6.45, 7) is 6.86. The highest BCUT2D eigenvalue weighted by Gasteiger charge is 2.36. The van der Waals surface area contributed by atoms with Crippen molar-refractivity contribution in [3.05, 3.63) is 21.7 Å². The van der Waals surface area contributed by atoms with Crippen molar-refractivity contribution < 1.29 is 4.74 Å². The van der Waals surface area contributed by atoms with Gasteiger partial charge in [0.2, 0.25) is 0 Å². The first-order valence-corrected chi connectivity index (χ1v) is 7.72. The van der Waals surface area contributed by atoms with Crippen LogP contribution >= 0.6 is 12.2 Å². The van der Waals surface area contributed by atoms with Crippen LogP contribution in [0.2, 0.25) is 0 Å². The Labute approximate surface area is 120 Å². The molecule has 1 fully saturated rings. The smallest absolute Gasteiger partial charge is 0.140 e. The van der Waals surface area contributed by atoms with Crippen molar-refractivity contribution in [2.24, 2.45) is 0 Å². The average Bonchev–Trinajstić information content (AvgIpc) is 2.62. The summed E-state index contributed by atoms with van der Waals surface area (Å²) in [5, 5.41) is 0. The SMILES string of the molecule is CCOC1(c2nc(=S)c(C)c(C)[nH]2)CCCCCC1. The van der Waals surface area contributed by atoms with Crippen LogP contribution in [0.15, 0.2) is 0 Å². The molecule has 2 rings (SSSR count). The minimum Gasteiger partial charge on any atom is -0.367 e. The molecule has 0 amide bonds. The molecule has 1 heterocycles. The van der Waals surface area contributed by atoms with Crippen LogP contribution in [0.5, 0.6) is 0 Å². The van der Waals surface area contributed by atoms with Gasteiger partial charge in [-0.15, -0.1) is 0 Å². The largest absolute Gasteiger partial charge is 0.367 e. The molecule has 19 heavy (non-hydrogen) atoms. The van der Waals surface area contributed by atoms with E-state index in [-0.39, 0.29) is 5.60 Å². The van der Waals surface area contributed by atoms with Gasteiger partial charge in [-0.25, -0.2) is 4.98 Å². The molecule has 0 radical (unpaired) electrons. The zero-order valence-electron chi connectivity index (χ0n) is 12.2. The van der Waals surface area contributed by atoms with E-state index in [2.05, 4.69) is 23.8 Å². The number of aryl methyl sites for hydroxylation is 1. The summed E-state index contributed by atoms with van der Waals surface area (Å²) in [6.07, 6.45) is 7.08. The van der Waals surface area contributed by atoms with Crippen molar-refractivity contribution in [2.75, 3.05) is 6.61 Å². The van der Waals surface area contributed by atoms with Gasteiger partial charge >= 0.3 is 0 Å². The fraction of sp³-hybridized carbons (Fsp3) is 0.733. The predicted molar refractivity (Wildman–Crippen MR) is 79.9 cm³/mol. The summed E-state index contributed by atoms with van der Waals surface area (Å²) in [5.74, 6) is 0.935. The summed E-state index contributed by atoms with van der Waals surface area (Å²) in [5.41, 5.74) is 1.93. The fourth-order valence-electron chi connectivity index (χ4n) is 2.89. The number of aromatic nitrogens is 2. The minimum absolute atomic E-state index is 0.253. The lowest BCUT2D eigenvalue weighted by Crippen LogP contribution is -2.32. The second-order valence-electron chi connectivity index (χ2n) is 5.48. The molecule has 0 spiro atoms. The highest BCUT2D eigenvalue weighted by molar-refractivity contribution is 7.71. The summed E-state index contributed by atoms with van der Waals surface area (Å²) < 4.78 is 6.85. The lowest BCUT2D eigenvalue weighted by atomic mass is 9.92. The Balaban J connectivity index is 2.45. The van der Waals surface area contributed by atoms with Gasteiger partial charge in [0, 0.05) is 17.9 Å². The number of hydrogen-bond donors (Lipinski definition) is 1. The predicted octanol–water partition coefficient (Wildman–Crippen LogP) is 4.34. The van der Waals surface area contributed by atoms with Gasteiger partial charge in [0.1, 0.15) is 16.1 Å². The summed E-state index contributed by atoms with van der Waals surface area (Å²) in [6, 6.07) is 0. The maximum Gasteiger partial charge on any atom is 0.140 e. The van der Waals surface area contributed by atoms with Gasteiger partial charge < -0.3 is 9.72 Å². The molecule has 0 aromatic carbocycles. The summed E-state index contributed by atoms with van der Waals surface area (Å²) >= 11 is 5.38. The second kappa shape index (κ2) is 6.14. The third-order valence-electron chi connectivity index (χ3n) is 4.17. The van der Waals surface area contributed by atoms with Crippen molar-refractivity contribution in [2.45, 2.75) is 64.9 Å². The van der Waals surface area contributed by atoms with Crippen molar-refractivity contribution >= 4 is 12.2 Å². The number of nitrogens with zero attached hydrogens (tertiary/aromatic N) is 1. The molecule has 1 aromatic rings. The van der Waals surface area contributed by atoms with Crippen LogP contribution in [0.3, 0.4) is 0 Å². The molecule has 0 bridgehead atoms. The molecular formula is C15H24N2OS. The van der Waals surface area contributed by atoms with E-state index in [0.717, 1.165) is 36.5 Å². The van der Waals surface area contributed by atoms with Gasteiger partial charge in [0.15, 0.2) is 0 Å². The third kappa shape index (κ3) is 3.06. The third-order valence-corrected chi connectivity index (χ3v) is 4.56. The molecule has 1 aromatic heterocycles. The van der Waals surface area contributed by atoms with Gasteiger partial charge in [-0.1, -0.05) is 37.9 Å². The molecule has 0 saturated heterocycles. The Morgan fingerprint density at radius 3 is 2.37 bits per heavy atom. The van der Waals surface area contributed by atoms with Crippen LogP contribution in [-0.4, -0.2) is 16.6 Å². The zero-order valence-corrected chi connectivity index (χ0v) is 13.0. The Bertz CT molecular complexity index is 487. The van der Waals surface area contributed by atoms with Gasteiger partial charge in [-0.3, -0.25) is 0 Å². The van der Waals surface area contributed by atoms with Crippen LogP contribution in [0, 0.1) is 18.5 Å².